The second-order valence-electron chi connectivity index (χ2n) is 3.68. The molecule has 1 atom stereocenters. The van der Waals surface area contributed by atoms with Crippen LogP contribution in [0.25, 0.3) is 0 Å². The number of nitrogens with one attached hydrogen (secondary N) is 1. The van der Waals surface area contributed by atoms with Gasteiger partial charge in [0.1, 0.15) is 0 Å². The van der Waals surface area contributed by atoms with Gasteiger partial charge in [0, 0.05) is 9.50 Å². The molecule has 2 rings (SSSR count). The van der Waals surface area contributed by atoms with Gasteiger partial charge >= 0.3 is 0 Å². The Morgan fingerprint density at radius 3 is 2.41 bits per heavy atom. The molecule has 1 unspecified atom stereocenters. The summed E-state index contributed by atoms with van der Waals surface area (Å²) in [5, 5.41) is 0.686. The first-order valence-electron chi connectivity index (χ1n) is 5.18. The van der Waals surface area contributed by atoms with Gasteiger partial charge in [-0.1, -0.05) is 63.9 Å². The molecule has 0 radical (unpaired) electrons. The van der Waals surface area contributed by atoms with E-state index in [1.54, 1.807) is 0 Å². The normalized spacial score (nSPS) is 12.4. The van der Waals surface area contributed by atoms with Gasteiger partial charge in [0.05, 0.1) is 6.04 Å². The summed E-state index contributed by atoms with van der Waals surface area (Å²) in [6.45, 7) is 0. The van der Waals surface area contributed by atoms with Crippen molar-refractivity contribution >= 4 is 27.5 Å². The molecule has 0 saturated heterocycles. The third kappa shape index (κ3) is 2.87. The first-order chi connectivity index (χ1) is 8.22. The van der Waals surface area contributed by atoms with Crippen molar-refractivity contribution in [2.24, 2.45) is 5.84 Å². The van der Waals surface area contributed by atoms with Crippen LogP contribution >= 0.6 is 27.5 Å². The number of halogens is 2. The van der Waals surface area contributed by atoms with E-state index in [4.69, 9.17) is 17.4 Å². The number of benzene rings is 2. The van der Waals surface area contributed by atoms with Crippen molar-refractivity contribution in [1.29, 1.82) is 0 Å². The number of hydrogen-bond donors (Lipinski definition) is 2. The standard InChI is InChI=1S/C13H12BrClN2/c14-10-6-7-11(12(15)8-10)13(17-16)9-4-2-1-3-5-9/h1-8,13,17H,16H2. The van der Waals surface area contributed by atoms with Crippen LogP contribution in [0.5, 0.6) is 0 Å². The minimum absolute atomic E-state index is 0.100. The third-order valence-corrected chi connectivity index (χ3v) is 3.39. The molecule has 0 aliphatic heterocycles. The van der Waals surface area contributed by atoms with Crippen LogP contribution in [0.4, 0.5) is 0 Å². The summed E-state index contributed by atoms with van der Waals surface area (Å²) < 4.78 is 0.954. The van der Waals surface area contributed by atoms with E-state index in [1.807, 2.05) is 48.5 Å². The van der Waals surface area contributed by atoms with Gasteiger partial charge in [-0.3, -0.25) is 5.84 Å². The lowest BCUT2D eigenvalue weighted by atomic mass is 9.99. The van der Waals surface area contributed by atoms with Gasteiger partial charge in [-0.05, 0) is 23.3 Å². The highest BCUT2D eigenvalue weighted by Gasteiger charge is 2.15. The Morgan fingerprint density at radius 1 is 1.12 bits per heavy atom. The van der Waals surface area contributed by atoms with Crippen molar-refractivity contribution in [2.75, 3.05) is 0 Å². The quantitative estimate of drug-likeness (QED) is 0.670. The van der Waals surface area contributed by atoms with Gasteiger partial charge in [-0.2, -0.15) is 0 Å². The maximum Gasteiger partial charge on any atom is 0.0724 e. The molecule has 0 fully saturated rings. The maximum atomic E-state index is 6.23. The Labute approximate surface area is 114 Å². The van der Waals surface area contributed by atoms with Crippen molar-refractivity contribution in [3.05, 3.63) is 69.2 Å². The average Bonchev–Trinajstić information content (AvgIpc) is 2.34. The molecule has 3 N–H and O–H groups in total. The number of hydrogen-bond acceptors (Lipinski definition) is 2. The Hall–Kier alpha value is -0.870. The molecule has 2 aromatic rings. The molecule has 0 aromatic heterocycles. The highest BCUT2D eigenvalue weighted by molar-refractivity contribution is 9.10. The lowest BCUT2D eigenvalue weighted by Gasteiger charge is -2.18. The first-order valence-corrected chi connectivity index (χ1v) is 6.35. The van der Waals surface area contributed by atoms with Gasteiger partial charge in [0.25, 0.3) is 0 Å². The highest BCUT2D eigenvalue weighted by Crippen LogP contribution is 2.29. The first kappa shape index (κ1) is 12.6. The number of rotatable bonds is 3. The lowest BCUT2D eigenvalue weighted by Crippen LogP contribution is -2.29. The van der Waals surface area contributed by atoms with Gasteiger partial charge < -0.3 is 0 Å². The van der Waals surface area contributed by atoms with Crippen LogP contribution in [0.1, 0.15) is 17.2 Å². The fraction of sp³-hybridized carbons (Fsp3) is 0.0769. The molecule has 4 heteroatoms. The van der Waals surface area contributed by atoms with Crippen molar-refractivity contribution in [3.63, 3.8) is 0 Å². The summed E-state index contributed by atoms with van der Waals surface area (Å²) in [4.78, 5) is 0. The molecule has 0 aliphatic rings. The van der Waals surface area contributed by atoms with Crippen molar-refractivity contribution in [2.45, 2.75) is 6.04 Å². The van der Waals surface area contributed by atoms with E-state index in [0.717, 1.165) is 15.6 Å². The van der Waals surface area contributed by atoms with E-state index >= 15 is 0 Å². The van der Waals surface area contributed by atoms with Gasteiger partial charge in [0.2, 0.25) is 0 Å². The van der Waals surface area contributed by atoms with Crippen LogP contribution in [0.15, 0.2) is 53.0 Å². The van der Waals surface area contributed by atoms with E-state index in [-0.39, 0.29) is 6.04 Å². The molecule has 0 aliphatic carbocycles. The number of hydrazine groups is 1. The van der Waals surface area contributed by atoms with E-state index in [0.29, 0.717) is 5.02 Å². The fourth-order valence-corrected chi connectivity index (χ4v) is 2.53. The summed E-state index contributed by atoms with van der Waals surface area (Å²) in [6.07, 6.45) is 0. The highest BCUT2D eigenvalue weighted by atomic mass is 79.9. The van der Waals surface area contributed by atoms with Crippen LogP contribution in [-0.2, 0) is 0 Å². The Bertz CT molecular complexity index is 502. The molecule has 0 spiro atoms. The molecule has 2 nitrogen and oxygen atoms in total. The maximum absolute atomic E-state index is 6.23. The minimum atomic E-state index is -0.100. The summed E-state index contributed by atoms with van der Waals surface area (Å²) >= 11 is 9.61. The van der Waals surface area contributed by atoms with Gasteiger partial charge in [0.15, 0.2) is 0 Å². The zero-order valence-corrected chi connectivity index (χ0v) is 11.4. The summed E-state index contributed by atoms with van der Waals surface area (Å²) in [5.41, 5.74) is 4.84. The summed E-state index contributed by atoms with van der Waals surface area (Å²) in [7, 11) is 0. The molecular weight excluding hydrogens is 300 g/mol. The molecule has 0 heterocycles. The van der Waals surface area contributed by atoms with Crippen molar-refractivity contribution in [3.8, 4) is 0 Å². The monoisotopic (exact) mass is 310 g/mol. The third-order valence-electron chi connectivity index (χ3n) is 2.57. The average molecular weight is 312 g/mol. The molecule has 0 saturated carbocycles. The Kier molecular flexibility index (Phi) is 4.18. The second kappa shape index (κ2) is 5.65. The van der Waals surface area contributed by atoms with E-state index in [1.165, 1.54) is 0 Å². The van der Waals surface area contributed by atoms with Crippen LogP contribution in [0.2, 0.25) is 5.02 Å². The SMILES string of the molecule is NNC(c1ccccc1)c1ccc(Br)cc1Cl. The molecule has 17 heavy (non-hydrogen) atoms. The molecule has 2 aromatic carbocycles. The molecule has 0 bridgehead atoms. The van der Waals surface area contributed by atoms with Crippen LogP contribution in [0, 0.1) is 0 Å². The topological polar surface area (TPSA) is 38.0 Å². The predicted octanol–water partition coefficient (Wildman–Crippen LogP) is 3.66. The van der Waals surface area contributed by atoms with Crippen LogP contribution in [-0.4, -0.2) is 0 Å². The van der Waals surface area contributed by atoms with Gasteiger partial charge in [-0.25, -0.2) is 5.43 Å². The van der Waals surface area contributed by atoms with Crippen LogP contribution < -0.4 is 11.3 Å². The second-order valence-corrected chi connectivity index (χ2v) is 5.00. The summed E-state index contributed by atoms with van der Waals surface area (Å²) in [5.74, 6) is 5.62. The molecule has 0 amide bonds. The van der Waals surface area contributed by atoms with Gasteiger partial charge in [-0.15, -0.1) is 0 Å². The lowest BCUT2D eigenvalue weighted by molar-refractivity contribution is 0.637. The zero-order chi connectivity index (χ0) is 12.3. The van der Waals surface area contributed by atoms with Crippen LogP contribution in [0.3, 0.4) is 0 Å². The van der Waals surface area contributed by atoms with Crippen molar-refractivity contribution < 1.29 is 0 Å². The van der Waals surface area contributed by atoms with E-state index in [9.17, 15) is 0 Å². The zero-order valence-electron chi connectivity index (χ0n) is 9.03. The summed E-state index contributed by atoms with van der Waals surface area (Å²) in [6, 6.07) is 15.6. The smallest absolute Gasteiger partial charge is 0.0724 e. The molecular formula is C13H12BrClN2. The van der Waals surface area contributed by atoms with E-state index < -0.39 is 0 Å². The minimum Gasteiger partial charge on any atom is -0.271 e. The Balaban J connectivity index is 2.42. The largest absolute Gasteiger partial charge is 0.271 e. The Morgan fingerprint density at radius 2 is 1.82 bits per heavy atom. The fourth-order valence-electron chi connectivity index (χ4n) is 1.75. The predicted molar refractivity (Wildman–Crippen MR) is 74.8 cm³/mol. The molecule has 88 valence electrons. The van der Waals surface area contributed by atoms with E-state index in [2.05, 4.69) is 21.4 Å². The number of nitrogens with two attached hydrogens (primary N) is 1. The van der Waals surface area contributed by atoms with Crippen molar-refractivity contribution in [1.82, 2.24) is 5.43 Å².